The van der Waals surface area contributed by atoms with Gasteiger partial charge < -0.3 is 9.67 Å². The smallest absolute Gasteiger partial charge is 0.303 e. The zero-order valence-electron chi connectivity index (χ0n) is 18.9. The lowest BCUT2D eigenvalue weighted by atomic mass is 10.1. The number of aromatic nitrogens is 2. The molecule has 0 saturated carbocycles. The van der Waals surface area contributed by atoms with Crippen LogP contribution in [0.2, 0.25) is 0 Å². The third-order valence-electron chi connectivity index (χ3n) is 5.18. The predicted molar refractivity (Wildman–Crippen MR) is 129 cm³/mol. The highest BCUT2D eigenvalue weighted by atomic mass is 32.2. The van der Waals surface area contributed by atoms with Gasteiger partial charge in [0.2, 0.25) is 0 Å². The van der Waals surface area contributed by atoms with Gasteiger partial charge in [-0.25, -0.2) is 4.98 Å². The molecule has 4 nitrogen and oxygen atoms in total. The molecule has 0 aliphatic rings. The highest BCUT2D eigenvalue weighted by Crippen LogP contribution is 2.26. The number of allylic oxidation sites excluding steroid dienone is 2. The Hall–Kier alpha value is -1.49. The Morgan fingerprint density at radius 3 is 2.43 bits per heavy atom. The molecule has 0 spiro atoms. The van der Waals surface area contributed by atoms with E-state index in [2.05, 4.69) is 30.6 Å². The van der Waals surface area contributed by atoms with Crippen molar-refractivity contribution < 1.29 is 9.90 Å². The highest BCUT2D eigenvalue weighted by Gasteiger charge is 2.10. The van der Waals surface area contributed by atoms with E-state index >= 15 is 0 Å². The summed E-state index contributed by atoms with van der Waals surface area (Å²) < 4.78 is 2.01. The van der Waals surface area contributed by atoms with Crippen molar-refractivity contribution in [1.82, 2.24) is 9.55 Å². The summed E-state index contributed by atoms with van der Waals surface area (Å²) in [6, 6.07) is 0. The molecule has 30 heavy (non-hydrogen) atoms. The molecular weight excluding hydrogens is 392 g/mol. The monoisotopic (exact) mass is 434 g/mol. The number of unbranched alkanes of at least 4 members (excludes halogenated alkanes) is 10. The molecule has 1 rings (SSSR count). The predicted octanol–water partition coefficient (Wildman–Crippen LogP) is 7.65. The second-order valence-corrected chi connectivity index (χ2v) is 9.30. The van der Waals surface area contributed by atoms with Crippen molar-refractivity contribution in [2.24, 2.45) is 0 Å². The Labute approximate surface area is 188 Å². The van der Waals surface area contributed by atoms with Gasteiger partial charge in [0, 0.05) is 24.4 Å². The minimum atomic E-state index is -0.719. The lowest BCUT2D eigenvalue weighted by Gasteiger charge is -2.10. The molecular formula is C25H42N2O2S. The third-order valence-corrected chi connectivity index (χ3v) is 6.32. The zero-order chi connectivity index (χ0) is 21.9. The Morgan fingerprint density at radius 1 is 1.13 bits per heavy atom. The summed E-state index contributed by atoms with van der Waals surface area (Å²) in [5.74, 6) is -0.719. The number of carboxylic acid groups (broad SMARTS) is 1. The summed E-state index contributed by atoms with van der Waals surface area (Å²) in [4.78, 5) is 15.3. The van der Waals surface area contributed by atoms with Crippen LogP contribution < -0.4 is 0 Å². The summed E-state index contributed by atoms with van der Waals surface area (Å²) in [5.41, 5.74) is 0. The van der Waals surface area contributed by atoms with Crippen molar-refractivity contribution in [3.8, 4) is 0 Å². The van der Waals surface area contributed by atoms with E-state index in [1.54, 1.807) is 11.8 Å². The summed E-state index contributed by atoms with van der Waals surface area (Å²) >= 11 is 1.72. The Kier molecular flexibility index (Phi) is 16.2. The van der Waals surface area contributed by atoms with Gasteiger partial charge in [-0.2, -0.15) is 0 Å². The molecule has 0 aliphatic heterocycles. The van der Waals surface area contributed by atoms with Crippen molar-refractivity contribution in [3.63, 3.8) is 0 Å². The van der Waals surface area contributed by atoms with Gasteiger partial charge in [0.25, 0.3) is 0 Å². The fourth-order valence-electron chi connectivity index (χ4n) is 3.45. The van der Waals surface area contributed by atoms with Crippen LogP contribution in [0.3, 0.4) is 0 Å². The number of carboxylic acids is 1. The van der Waals surface area contributed by atoms with Crippen LogP contribution >= 0.6 is 11.8 Å². The maximum Gasteiger partial charge on any atom is 0.303 e. The van der Waals surface area contributed by atoms with Gasteiger partial charge in [-0.1, -0.05) is 94.7 Å². The highest BCUT2D eigenvalue weighted by molar-refractivity contribution is 8.00. The normalized spacial score (nSPS) is 12.4. The Morgan fingerprint density at radius 2 is 1.80 bits per heavy atom. The lowest BCUT2D eigenvalue weighted by molar-refractivity contribution is -0.137. The first-order valence-electron chi connectivity index (χ1n) is 11.8. The molecule has 0 radical (unpaired) electrons. The molecule has 1 N–H and O–H groups in total. The van der Waals surface area contributed by atoms with Crippen molar-refractivity contribution in [3.05, 3.63) is 37.3 Å². The number of hydrogen-bond donors (Lipinski definition) is 1. The Balaban J connectivity index is 2.25. The first kappa shape index (κ1) is 26.5. The van der Waals surface area contributed by atoms with E-state index in [4.69, 9.17) is 5.11 Å². The first-order chi connectivity index (χ1) is 14.7. The topological polar surface area (TPSA) is 55.1 Å². The Bertz CT molecular complexity index is 598. The quantitative estimate of drug-likeness (QED) is 0.130. The SMILES string of the molecule is C=CCn1cnc(SC(/C=C\CCCCCCCCCCCC)CCCC(=O)O)c1. The number of carbonyl (C=O) groups is 1. The fourth-order valence-corrected chi connectivity index (χ4v) is 4.54. The summed E-state index contributed by atoms with van der Waals surface area (Å²) in [6.07, 6.45) is 26.7. The molecule has 0 saturated heterocycles. The molecule has 1 unspecified atom stereocenters. The maximum atomic E-state index is 10.8. The van der Waals surface area contributed by atoms with E-state index in [1.165, 1.54) is 64.2 Å². The maximum absolute atomic E-state index is 10.8. The molecule has 1 atom stereocenters. The lowest BCUT2D eigenvalue weighted by Crippen LogP contribution is -2.02. The van der Waals surface area contributed by atoms with E-state index in [0.29, 0.717) is 6.42 Å². The van der Waals surface area contributed by atoms with Gasteiger partial charge in [-0.3, -0.25) is 4.79 Å². The molecule has 5 heteroatoms. The van der Waals surface area contributed by atoms with Crippen molar-refractivity contribution >= 4 is 17.7 Å². The van der Waals surface area contributed by atoms with Gasteiger partial charge in [0.05, 0.1) is 6.33 Å². The van der Waals surface area contributed by atoms with Crippen LogP contribution in [0, 0.1) is 0 Å². The van der Waals surface area contributed by atoms with Crippen molar-refractivity contribution in [2.75, 3.05) is 0 Å². The van der Waals surface area contributed by atoms with Crippen LogP contribution in [0.4, 0.5) is 0 Å². The number of nitrogens with zero attached hydrogens (tertiary/aromatic N) is 2. The van der Waals surface area contributed by atoms with Crippen molar-refractivity contribution in [2.45, 2.75) is 114 Å². The summed E-state index contributed by atoms with van der Waals surface area (Å²) in [5, 5.41) is 10.2. The van der Waals surface area contributed by atoms with Crippen LogP contribution in [0.1, 0.15) is 96.8 Å². The van der Waals surface area contributed by atoms with Crippen LogP contribution in [0.15, 0.2) is 42.4 Å². The van der Waals surface area contributed by atoms with E-state index in [9.17, 15) is 4.79 Å². The minimum absolute atomic E-state index is 0.230. The molecule has 170 valence electrons. The molecule has 0 aliphatic carbocycles. The second kappa shape index (κ2) is 18.3. The number of thioether (sulfide) groups is 1. The number of hydrogen-bond acceptors (Lipinski definition) is 3. The number of imidazole rings is 1. The third kappa shape index (κ3) is 14.5. The van der Waals surface area contributed by atoms with E-state index in [1.807, 2.05) is 23.2 Å². The van der Waals surface area contributed by atoms with E-state index < -0.39 is 5.97 Å². The molecule has 0 aromatic carbocycles. The summed E-state index contributed by atoms with van der Waals surface area (Å²) in [6.45, 7) is 6.78. The van der Waals surface area contributed by atoms with Gasteiger partial charge in [0.1, 0.15) is 5.03 Å². The molecule has 0 bridgehead atoms. The number of rotatable bonds is 20. The average molecular weight is 435 g/mol. The average Bonchev–Trinajstić information content (AvgIpc) is 3.15. The van der Waals surface area contributed by atoms with Gasteiger partial charge in [-0.15, -0.1) is 6.58 Å². The molecule has 1 aromatic rings. The second-order valence-electron chi connectivity index (χ2n) is 8.04. The van der Waals surface area contributed by atoms with Gasteiger partial charge in [0.15, 0.2) is 0 Å². The molecule has 1 aromatic heterocycles. The standard InChI is InChI=1S/C25H42N2O2S/c1-3-5-6-7-8-9-10-11-12-13-14-15-17-23(18-16-19-25(28)29)30-24-21-27(20-4-2)22-26-24/h4,15,17,21-23H,2-3,5-14,16,18-20H2,1H3,(H,28,29)/b17-15-. The molecule has 1 heterocycles. The molecule has 0 fully saturated rings. The van der Waals surface area contributed by atoms with E-state index in [-0.39, 0.29) is 11.7 Å². The minimum Gasteiger partial charge on any atom is -0.481 e. The van der Waals surface area contributed by atoms with Crippen LogP contribution in [0.5, 0.6) is 0 Å². The van der Waals surface area contributed by atoms with Crippen molar-refractivity contribution in [1.29, 1.82) is 0 Å². The largest absolute Gasteiger partial charge is 0.481 e. The number of aliphatic carboxylic acids is 1. The molecule has 0 amide bonds. The van der Waals surface area contributed by atoms with Gasteiger partial charge >= 0.3 is 5.97 Å². The first-order valence-corrected chi connectivity index (χ1v) is 12.7. The zero-order valence-corrected chi connectivity index (χ0v) is 19.8. The van der Waals surface area contributed by atoms with Gasteiger partial charge in [-0.05, 0) is 25.7 Å². The van der Waals surface area contributed by atoms with Crippen LogP contribution in [-0.4, -0.2) is 25.9 Å². The van der Waals surface area contributed by atoms with E-state index in [0.717, 1.165) is 24.4 Å². The fraction of sp³-hybridized carbons (Fsp3) is 0.680. The van der Waals surface area contributed by atoms with Crippen LogP contribution in [0.25, 0.3) is 0 Å². The summed E-state index contributed by atoms with van der Waals surface area (Å²) in [7, 11) is 0. The van der Waals surface area contributed by atoms with Crippen LogP contribution in [-0.2, 0) is 11.3 Å².